The molecule has 100 heavy (non-hydrogen) atoms. The number of urea groups is 12. The molecule has 18 saturated heterocycles. The lowest BCUT2D eigenvalue weighted by molar-refractivity contribution is -0.699. The molecule has 0 saturated carbocycles. The largest absolute Gasteiger partial charge is 1.00 e. The number of unbranched alkanes of at least 4 members (excludes halogenated alkanes) is 3. The van der Waals surface area contributed by atoms with Gasteiger partial charge >= 0.3 is 72.4 Å². The molecule has 18 aliphatic heterocycles. The second-order valence-corrected chi connectivity index (χ2v) is 25.7. The van der Waals surface area contributed by atoms with Gasteiger partial charge in [-0.1, -0.05) is 0 Å². The van der Waals surface area contributed by atoms with Crippen LogP contribution in [0.15, 0.2) is 49.6 Å². The summed E-state index contributed by atoms with van der Waals surface area (Å²) in [5, 5.41) is 0. The molecule has 20 heterocycles. The molecule has 20 rings (SSSR count). The number of amides is 24. The fraction of sp³-hybridized carbons (Fsp3) is 0.600. The van der Waals surface area contributed by atoms with Crippen molar-refractivity contribution in [1.29, 1.82) is 0 Å². The molecule has 16 N–H and O–H groups in total. The lowest BCUT2D eigenvalue weighted by Gasteiger charge is -2.42. The van der Waals surface area contributed by atoms with Gasteiger partial charge in [0.15, 0.2) is 98.8 Å². The van der Waals surface area contributed by atoms with E-state index in [2.05, 4.69) is 19.1 Å². The summed E-state index contributed by atoms with van der Waals surface area (Å²) < 4.78 is 4.37. The fourth-order valence-corrected chi connectivity index (χ4v) is 17.9. The minimum absolute atomic E-state index is 0. The Kier molecular flexibility index (Phi) is 17.8. The Hall–Kier alpha value is -9.96. The molecular weight excluding hydrogens is 1470 g/mol. The zero-order valence-electron chi connectivity index (χ0n) is 52.5. The van der Waals surface area contributed by atoms with Gasteiger partial charge in [0, 0.05) is 12.8 Å². The number of nitrogens with zero attached hydrogens (tertiary/aromatic N) is 28. The molecule has 18 fully saturated rings. The lowest BCUT2D eigenvalue weighted by Crippen LogP contribution is -3.00. The van der Waals surface area contributed by atoms with E-state index in [1.165, 1.54) is 143 Å². The highest BCUT2D eigenvalue weighted by Gasteiger charge is 2.76. The third kappa shape index (κ3) is 8.57. The smallest absolute Gasteiger partial charge is 0.326 e. The van der Waals surface area contributed by atoms with Crippen molar-refractivity contribution in [1.82, 2.24) is 128 Å². The summed E-state index contributed by atoms with van der Waals surface area (Å²) in [6, 6.07) is -7.90. The van der Waals surface area contributed by atoms with Crippen LogP contribution in [0.25, 0.3) is 0 Å². The Balaban J connectivity index is 0.000000341. The van der Waals surface area contributed by atoms with E-state index < -0.39 is 226 Å². The molecule has 0 atom stereocenters. The summed E-state index contributed by atoms with van der Waals surface area (Å²) in [5.41, 5.74) is 0. The molecule has 0 unspecified atom stereocenters. The molecule has 0 spiro atoms. The third-order valence-corrected chi connectivity index (χ3v) is 21.8. The highest BCUT2D eigenvalue weighted by Crippen LogP contribution is 2.51. The zero-order chi connectivity index (χ0) is 60.7. The quantitative estimate of drug-likeness (QED) is 0.184. The average Bonchev–Trinajstić information content (AvgIpc) is 1.52. The van der Waals surface area contributed by atoms with E-state index in [1.54, 1.807) is 0 Å². The molecule has 50 heteroatoms. The number of halogens is 2. The van der Waals surface area contributed by atoms with Gasteiger partial charge in [0.05, 0.1) is 24.8 Å². The maximum atomic E-state index is 15.1. The Morgan fingerprint density at radius 3 is 0.440 bits per heavy atom. The van der Waals surface area contributed by atoms with Crippen LogP contribution in [0.1, 0.15) is 25.7 Å². The van der Waals surface area contributed by atoms with Gasteiger partial charge in [-0.15, -0.1) is 0 Å². The zero-order valence-corrected chi connectivity index (χ0v) is 55.6. The minimum Gasteiger partial charge on any atom is -1.00 e. The van der Waals surface area contributed by atoms with Crippen LogP contribution < -0.4 is 43.1 Å². The van der Waals surface area contributed by atoms with Crippen LogP contribution in [0, 0.1) is 0 Å². The highest BCUT2D eigenvalue weighted by molar-refractivity contribution is 5.95. The molecule has 0 aliphatic carbocycles. The predicted molar refractivity (Wildman–Crippen MR) is 309 cm³/mol. The van der Waals surface area contributed by atoms with Crippen molar-refractivity contribution in [2.24, 2.45) is 0 Å². The van der Waals surface area contributed by atoms with E-state index in [4.69, 9.17) is 0 Å². The summed E-state index contributed by atoms with van der Waals surface area (Å²) in [5.74, 6) is 0. The molecule has 48 nitrogen and oxygen atoms in total. The Morgan fingerprint density at radius 2 is 0.330 bits per heavy atom. The third-order valence-electron chi connectivity index (χ3n) is 21.8. The van der Waals surface area contributed by atoms with Crippen molar-refractivity contribution in [2.45, 2.75) is 113 Å². The van der Waals surface area contributed by atoms with Gasteiger partial charge in [-0.25, -0.2) is 66.7 Å². The lowest BCUT2D eigenvalue weighted by atomic mass is 10.2. The molecule has 546 valence electrons. The van der Waals surface area contributed by atoms with Crippen LogP contribution in [0.3, 0.4) is 0 Å². The molecule has 0 aromatic carbocycles. The molecule has 18 aliphatic rings. The van der Waals surface area contributed by atoms with Crippen molar-refractivity contribution in [2.75, 3.05) is 80.0 Å². The number of hydrogen-bond acceptors (Lipinski definition) is 14. The maximum Gasteiger partial charge on any atom is 0.326 e. The summed E-state index contributed by atoms with van der Waals surface area (Å²) in [7, 11) is 0. The first-order valence-electron chi connectivity index (χ1n) is 30.1. The van der Waals surface area contributed by atoms with Crippen LogP contribution in [0.4, 0.5) is 57.5 Å². The van der Waals surface area contributed by atoms with E-state index in [9.17, 15) is 0 Å². The molecule has 2 aromatic rings. The van der Waals surface area contributed by atoms with E-state index in [1.807, 2.05) is 49.6 Å². The van der Waals surface area contributed by atoms with Gasteiger partial charge in [0.1, 0.15) is 93.1 Å². The van der Waals surface area contributed by atoms with Crippen molar-refractivity contribution in [3.8, 4) is 0 Å². The van der Waals surface area contributed by atoms with Gasteiger partial charge in [0.2, 0.25) is 0 Å². The average molecular weight is 1550 g/mol. The Labute approximate surface area is 584 Å². The summed E-state index contributed by atoms with van der Waals surface area (Å²) in [6.07, 6.45) is 6.52. The van der Waals surface area contributed by atoms with E-state index in [0.717, 1.165) is 13.1 Å². The summed E-state index contributed by atoms with van der Waals surface area (Å²) in [4.78, 5) is 221. The first-order valence-corrected chi connectivity index (χ1v) is 30.1. The molecule has 24 amide bonds. The second-order valence-electron chi connectivity index (χ2n) is 25.7. The number of aromatic nitrogens is 4. The van der Waals surface area contributed by atoms with Crippen molar-refractivity contribution < 1.29 is 144 Å². The van der Waals surface area contributed by atoms with E-state index in [-0.39, 0.29) is 77.8 Å². The minimum atomic E-state index is -1.16. The summed E-state index contributed by atoms with van der Waals surface area (Å²) in [6.45, 7) is -3.31. The van der Waals surface area contributed by atoms with Crippen molar-refractivity contribution in [3.05, 3.63) is 49.6 Å². The highest BCUT2D eigenvalue weighted by atomic mass is 79.9. The number of hydrogen-bond donors (Lipinski definition) is 0. The SMILES string of the molecule is O.O.O.O.O.O.O.O.O=C1N2CN3C(=O)N4CN5C(=O)N6CN7C(=O)N8CN9C(=O)N%10CN%11C(=O)N%12CN1C1C2N2CN%13C(=O)N(CN%14C(=O)N(CN%15C(=O)N(CN%16C(=O)N(CN%17C(=O)N(CN1C2=O)C%12C%11%17)C%10C9%16)C8C7%15)C6C5%14)C4C3%13.[Br-].[Br-].c1c[n+](CCCCCC[n+]2ccncc2)ccn1. The first-order chi connectivity index (χ1) is 43.7. The standard InChI is InChI=1S/C36H36N24O12.C14H20N4.2BrH.8H2O/c61-25-37-1-38-14-16-42(26(38)62)4-46-18-20-50(30(46)66)8-54-22-24-58(34(54)70)11-57-23-21-53(33(57)69)7-49-19-17-45(29(49)65)3-41(25)15-13(37)39-2-40(14)28(64)44(16)6-48(18)32(68)52(20)10-56(22)36(72)60(24)12-59(23)35(71)55(21)9-51(19)31(67)47(17)5-43(15)27(39)63;1(3-9-17-11-5-15-6-12-17)2-4-10-18-13-7-16-8-14-18;;;;;;;;;;/h13-24H,1-12H2;5-8,11-14H,1-4,9-10H2;2*1H;8*1H2/q;+2;;;;;;;;;;/p-2. The van der Waals surface area contributed by atoms with E-state index in [0.29, 0.717) is 0 Å². The predicted octanol–water partition coefficient (Wildman–Crippen LogP) is -16.9. The van der Waals surface area contributed by atoms with Crippen molar-refractivity contribution in [3.63, 3.8) is 0 Å². The van der Waals surface area contributed by atoms with Crippen LogP contribution >= 0.6 is 0 Å². The molecular formula is C50H72Br2N28O20. The van der Waals surface area contributed by atoms with Gasteiger partial charge in [-0.2, -0.15) is 0 Å². The van der Waals surface area contributed by atoms with Crippen LogP contribution in [0.5, 0.6) is 0 Å². The van der Waals surface area contributed by atoms with E-state index >= 15 is 57.5 Å². The van der Waals surface area contributed by atoms with Crippen LogP contribution in [-0.2, 0) is 13.1 Å². The summed E-state index contributed by atoms with van der Waals surface area (Å²) >= 11 is 0. The number of rotatable bonds is 7. The first kappa shape index (κ1) is 72.8. The number of carbonyl (C=O) groups excluding carboxylic acids is 12. The van der Waals surface area contributed by atoms with Gasteiger partial charge in [0.25, 0.3) is 0 Å². The normalized spacial score (nSPS) is 30.9. The number of carbonyl (C=O) groups is 12. The van der Waals surface area contributed by atoms with Gasteiger partial charge in [-0.05, 0) is 12.8 Å². The van der Waals surface area contributed by atoms with Gasteiger partial charge in [-0.3, -0.25) is 128 Å². The van der Waals surface area contributed by atoms with Crippen LogP contribution in [-0.4, -0.2) is 398 Å². The number of aryl methyl sites for hydroxylation is 2. The topological polar surface area (TPSA) is 568 Å². The second kappa shape index (κ2) is 24.4. The van der Waals surface area contributed by atoms with Crippen LogP contribution in [0.2, 0.25) is 0 Å². The molecule has 0 bridgehead atoms. The Morgan fingerprint density at radius 1 is 0.220 bits per heavy atom. The molecule has 2 aromatic heterocycles. The maximum absolute atomic E-state index is 15.1. The monoisotopic (exact) mass is 1540 g/mol. The Bertz CT molecular complexity index is 2890. The van der Waals surface area contributed by atoms with Gasteiger partial charge < -0.3 is 77.8 Å². The fourth-order valence-electron chi connectivity index (χ4n) is 17.9. The molecule has 0 radical (unpaired) electrons. The van der Waals surface area contributed by atoms with Crippen molar-refractivity contribution >= 4 is 72.4 Å².